The highest BCUT2D eigenvalue weighted by Crippen LogP contribution is 2.19. The third-order valence-corrected chi connectivity index (χ3v) is 5.53. The van der Waals surface area contributed by atoms with Gasteiger partial charge < -0.3 is 10.2 Å². The summed E-state index contributed by atoms with van der Waals surface area (Å²) in [5, 5.41) is 3.59. The molecule has 0 aliphatic rings. The largest absolute Gasteiger partial charge is 0.352 e. The fourth-order valence-corrected chi connectivity index (χ4v) is 3.36. The molecule has 0 unspecified atom stereocenters. The average molecular weight is 415 g/mol. The minimum Gasteiger partial charge on any atom is -0.352 e. The van der Waals surface area contributed by atoms with Crippen LogP contribution in [-0.2, 0) is 22.6 Å². The molecular weight excluding hydrogens is 384 g/mol. The molecule has 0 radical (unpaired) electrons. The van der Waals surface area contributed by atoms with Crippen LogP contribution < -0.4 is 5.32 Å². The molecule has 0 aliphatic heterocycles. The summed E-state index contributed by atoms with van der Waals surface area (Å²) in [6, 6.07) is 14.9. The standard InChI is InChI=1S/C24H31ClN2O2/c1-5-18(4)26-24(29)22(6-2)27(16-19-13-11-17(3)12-14-19)23(28)15-20-9-7-8-10-21(20)25/h7-14,18,22H,5-6,15-16H2,1-4H3,(H,26,29)/t18-,22+/m1/s1. The van der Waals surface area contributed by atoms with Gasteiger partial charge in [-0.15, -0.1) is 0 Å². The normalized spacial score (nSPS) is 12.9. The Balaban J connectivity index is 2.29. The van der Waals surface area contributed by atoms with Crippen LogP contribution in [0.2, 0.25) is 5.02 Å². The van der Waals surface area contributed by atoms with E-state index in [1.807, 2.05) is 70.2 Å². The molecule has 0 heterocycles. The van der Waals surface area contributed by atoms with Crippen molar-refractivity contribution >= 4 is 23.4 Å². The second-order valence-corrected chi connectivity index (χ2v) is 7.92. The first-order chi connectivity index (χ1) is 13.8. The summed E-state index contributed by atoms with van der Waals surface area (Å²) >= 11 is 6.26. The van der Waals surface area contributed by atoms with Gasteiger partial charge in [0.1, 0.15) is 6.04 Å². The Morgan fingerprint density at radius 2 is 1.69 bits per heavy atom. The third kappa shape index (κ3) is 6.60. The number of hydrogen-bond donors (Lipinski definition) is 1. The first kappa shape index (κ1) is 23.0. The van der Waals surface area contributed by atoms with Crippen LogP contribution in [0.15, 0.2) is 48.5 Å². The molecule has 5 heteroatoms. The van der Waals surface area contributed by atoms with Crippen molar-refractivity contribution in [1.29, 1.82) is 0 Å². The number of halogens is 1. The molecule has 2 atom stereocenters. The van der Waals surface area contributed by atoms with Crippen LogP contribution in [0.25, 0.3) is 0 Å². The molecule has 2 aromatic carbocycles. The lowest BCUT2D eigenvalue weighted by atomic mass is 10.1. The van der Waals surface area contributed by atoms with Crippen LogP contribution in [0.1, 0.15) is 50.3 Å². The monoisotopic (exact) mass is 414 g/mol. The summed E-state index contributed by atoms with van der Waals surface area (Å²) in [7, 11) is 0. The number of rotatable bonds is 9. The van der Waals surface area contributed by atoms with Crippen LogP contribution in [-0.4, -0.2) is 28.8 Å². The first-order valence-electron chi connectivity index (χ1n) is 10.2. The molecule has 29 heavy (non-hydrogen) atoms. The molecule has 0 aliphatic carbocycles. The Kier molecular flexibility index (Phi) is 8.71. The number of amides is 2. The highest BCUT2D eigenvalue weighted by Gasteiger charge is 2.29. The maximum absolute atomic E-state index is 13.3. The van der Waals surface area contributed by atoms with E-state index in [0.717, 1.165) is 23.1 Å². The summed E-state index contributed by atoms with van der Waals surface area (Å²) in [5.74, 6) is -0.216. The van der Waals surface area contributed by atoms with Gasteiger partial charge in [-0.25, -0.2) is 0 Å². The second kappa shape index (κ2) is 11.0. The highest BCUT2D eigenvalue weighted by molar-refractivity contribution is 6.31. The summed E-state index contributed by atoms with van der Waals surface area (Å²) in [4.78, 5) is 27.9. The van der Waals surface area contributed by atoms with E-state index >= 15 is 0 Å². The Morgan fingerprint density at radius 1 is 1.03 bits per heavy atom. The molecule has 156 valence electrons. The van der Waals surface area contributed by atoms with E-state index in [9.17, 15) is 9.59 Å². The fraction of sp³-hybridized carbons (Fsp3) is 0.417. The molecule has 0 aromatic heterocycles. The van der Waals surface area contributed by atoms with Gasteiger partial charge in [-0.2, -0.15) is 0 Å². The average Bonchev–Trinajstić information content (AvgIpc) is 2.70. The number of carbonyl (C=O) groups is 2. The quantitative estimate of drug-likeness (QED) is 0.633. The molecule has 2 amide bonds. The van der Waals surface area contributed by atoms with Gasteiger partial charge in [0.2, 0.25) is 11.8 Å². The molecule has 0 fully saturated rings. The Labute approximate surface area is 179 Å². The van der Waals surface area contributed by atoms with Gasteiger partial charge in [0.25, 0.3) is 0 Å². The van der Waals surface area contributed by atoms with Crippen LogP contribution in [0.3, 0.4) is 0 Å². The van der Waals surface area contributed by atoms with E-state index in [1.165, 1.54) is 0 Å². The lowest BCUT2D eigenvalue weighted by molar-refractivity contribution is -0.141. The van der Waals surface area contributed by atoms with Crippen LogP contribution in [0, 0.1) is 6.92 Å². The smallest absolute Gasteiger partial charge is 0.243 e. The van der Waals surface area contributed by atoms with Crippen molar-refractivity contribution in [3.05, 3.63) is 70.2 Å². The van der Waals surface area contributed by atoms with Crippen molar-refractivity contribution in [2.45, 2.75) is 65.6 Å². The summed E-state index contributed by atoms with van der Waals surface area (Å²) in [5.41, 5.74) is 2.92. The van der Waals surface area contributed by atoms with E-state index in [-0.39, 0.29) is 24.3 Å². The molecule has 0 spiro atoms. The zero-order chi connectivity index (χ0) is 21.4. The number of carbonyl (C=O) groups excluding carboxylic acids is 2. The molecule has 0 bridgehead atoms. The Bertz CT molecular complexity index is 820. The van der Waals surface area contributed by atoms with E-state index in [1.54, 1.807) is 11.0 Å². The van der Waals surface area contributed by atoms with Gasteiger partial charge in [0, 0.05) is 17.6 Å². The summed E-state index contributed by atoms with van der Waals surface area (Å²) in [6.07, 6.45) is 1.55. The number of nitrogens with zero attached hydrogens (tertiary/aromatic N) is 1. The van der Waals surface area contributed by atoms with Crippen molar-refractivity contribution in [3.63, 3.8) is 0 Å². The van der Waals surface area contributed by atoms with Crippen molar-refractivity contribution in [1.82, 2.24) is 10.2 Å². The maximum Gasteiger partial charge on any atom is 0.243 e. The van der Waals surface area contributed by atoms with Gasteiger partial charge >= 0.3 is 0 Å². The fourth-order valence-electron chi connectivity index (χ4n) is 3.16. The number of benzene rings is 2. The lowest BCUT2D eigenvalue weighted by Crippen LogP contribution is -2.51. The zero-order valence-electron chi connectivity index (χ0n) is 17.7. The number of hydrogen-bond acceptors (Lipinski definition) is 2. The van der Waals surface area contributed by atoms with Gasteiger partial charge in [-0.1, -0.05) is 73.5 Å². The summed E-state index contributed by atoms with van der Waals surface area (Å²) < 4.78 is 0. The Morgan fingerprint density at radius 3 is 2.28 bits per heavy atom. The Hall–Kier alpha value is -2.33. The molecule has 2 aromatic rings. The van der Waals surface area contributed by atoms with Crippen LogP contribution in [0.4, 0.5) is 0 Å². The van der Waals surface area contributed by atoms with Crippen LogP contribution in [0.5, 0.6) is 0 Å². The third-order valence-electron chi connectivity index (χ3n) is 5.16. The van der Waals surface area contributed by atoms with E-state index < -0.39 is 6.04 Å². The maximum atomic E-state index is 13.3. The number of aryl methyl sites for hydroxylation is 1. The van der Waals surface area contributed by atoms with Crippen molar-refractivity contribution in [3.8, 4) is 0 Å². The minimum absolute atomic E-state index is 0.0662. The second-order valence-electron chi connectivity index (χ2n) is 7.52. The molecule has 0 saturated carbocycles. The minimum atomic E-state index is -0.528. The van der Waals surface area contributed by atoms with E-state index in [2.05, 4.69) is 5.32 Å². The zero-order valence-corrected chi connectivity index (χ0v) is 18.5. The predicted molar refractivity (Wildman–Crippen MR) is 119 cm³/mol. The van der Waals surface area contributed by atoms with Crippen molar-refractivity contribution < 1.29 is 9.59 Å². The van der Waals surface area contributed by atoms with E-state index in [0.29, 0.717) is 18.0 Å². The van der Waals surface area contributed by atoms with Crippen molar-refractivity contribution in [2.75, 3.05) is 0 Å². The van der Waals surface area contributed by atoms with Gasteiger partial charge in [0.15, 0.2) is 0 Å². The van der Waals surface area contributed by atoms with Crippen LogP contribution >= 0.6 is 11.6 Å². The van der Waals surface area contributed by atoms with Crippen molar-refractivity contribution in [2.24, 2.45) is 0 Å². The molecule has 2 rings (SSSR count). The van der Waals surface area contributed by atoms with Gasteiger partial charge in [-0.05, 0) is 43.9 Å². The number of nitrogens with one attached hydrogen (secondary N) is 1. The topological polar surface area (TPSA) is 49.4 Å². The molecular formula is C24H31ClN2O2. The molecule has 4 nitrogen and oxygen atoms in total. The lowest BCUT2D eigenvalue weighted by Gasteiger charge is -2.31. The van der Waals surface area contributed by atoms with E-state index in [4.69, 9.17) is 11.6 Å². The van der Waals surface area contributed by atoms with Gasteiger partial charge in [0.05, 0.1) is 6.42 Å². The SMILES string of the molecule is CC[C@@H](C)NC(=O)[C@H](CC)N(Cc1ccc(C)cc1)C(=O)Cc1ccccc1Cl. The highest BCUT2D eigenvalue weighted by atomic mass is 35.5. The van der Waals surface area contributed by atoms with Gasteiger partial charge in [-0.3, -0.25) is 9.59 Å². The molecule has 0 saturated heterocycles. The molecule has 1 N–H and O–H groups in total. The summed E-state index contributed by atoms with van der Waals surface area (Å²) in [6.45, 7) is 8.35. The first-order valence-corrected chi connectivity index (χ1v) is 10.6. The predicted octanol–water partition coefficient (Wildman–Crippen LogP) is 4.91.